The summed E-state index contributed by atoms with van der Waals surface area (Å²) in [6.45, 7) is 2.35. The fourth-order valence-corrected chi connectivity index (χ4v) is 6.29. The van der Waals surface area contributed by atoms with E-state index in [2.05, 4.69) is 17.4 Å². The zero-order valence-corrected chi connectivity index (χ0v) is 20.9. The molecular weight excluding hydrogens is 472 g/mol. The lowest BCUT2D eigenvalue weighted by molar-refractivity contribution is -0.152. The molecule has 0 saturated carbocycles. The van der Waals surface area contributed by atoms with Crippen molar-refractivity contribution < 1.29 is 28.9 Å². The molecule has 2 saturated heterocycles. The van der Waals surface area contributed by atoms with E-state index >= 15 is 0 Å². The van der Waals surface area contributed by atoms with Gasteiger partial charge < -0.3 is 29.5 Å². The van der Waals surface area contributed by atoms with Crippen molar-refractivity contribution in [3.05, 3.63) is 59.2 Å². The van der Waals surface area contributed by atoms with E-state index in [9.17, 15) is 14.7 Å². The van der Waals surface area contributed by atoms with Crippen molar-refractivity contribution in [3.63, 3.8) is 0 Å². The van der Waals surface area contributed by atoms with E-state index in [4.69, 9.17) is 14.2 Å². The number of nitrogens with one attached hydrogen (secondary N) is 1. The van der Waals surface area contributed by atoms with Crippen LogP contribution in [0.25, 0.3) is 0 Å². The van der Waals surface area contributed by atoms with Crippen molar-refractivity contribution >= 4 is 17.5 Å². The lowest BCUT2D eigenvalue weighted by atomic mass is 9.76. The molecule has 2 N–H and O–H groups in total. The number of carbonyl (C=O) groups is 2. The molecule has 8 nitrogen and oxygen atoms in total. The number of nitrogens with zero attached hydrogens (tertiary/aromatic N) is 1. The number of anilines is 1. The molecule has 2 amide bonds. The van der Waals surface area contributed by atoms with Gasteiger partial charge in [0.05, 0.1) is 44.4 Å². The Morgan fingerprint density at radius 2 is 1.95 bits per heavy atom. The molecule has 4 aliphatic heterocycles. The quantitative estimate of drug-likeness (QED) is 0.647. The van der Waals surface area contributed by atoms with Crippen LogP contribution >= 0.6 is 0 Å². The minimum absolute atomic E-state index is 0.0418. The number of hydrogen-bond acceptors (Lipinski definition) is 6. The molecule has 4 heterocycles. The van der Waals surface area contributed by atoms with Gasteiger partial charge >= 0.3 is 0 Å². The predicted molar refractivity (Wildman–Crippen MR) is 136 cm³/mol. The van der Waals surface area contributed by atoms with Gasteiger partial charge in [-0.1, -0.05) is 24.3 Å². The minimum atomic E-state index is -0.691. The molecular formula is C29H34N2O6. The van der Waals surface area contributed by atoms with Crippen LogP contribution in [0.2, 0.25) is 0 Å². The average molecular weight is 507 g/mol. The molecule has 0 spiro atoms. The van der Waals surface area contributed by atoms with Gasteiger partial charge in [0, 0.05) is 43.1 Å². The van der Waals surface area contributed by atoms with Crippen LogP contribution in [0.3, 0.4) is 0 Å². The predicted octanol–water partition coefficient (Wildman–Crippen LogP) is 3.02. The number of carbonyl (C=O) groups excluding carboxylic acids is 2. The van der Waals surface area contributed by atoms with Crippen molar-refractivity contribution in [1.29, 1.82) is 0 Å². The Morgan fingerprint density at radius 1 is 1.14 bits per heavy atom. The van der Waals surface area contributed by atoms with Crippen LogP contribution in [0.4, 0.5) is 5.69 Å². The maximum Gasteiger partial charge on any atom is 0.230 e. The first-order valence-electron chi connectivity index (χ1n) is 13.4. The van der Waals surface area contributed by atoms with Crippen LogP contribution in [0, 0.1) is 5.92 Å². The number of amides is 2. The molecule has 6 rings (SSSR count). The molecule has 196 valence electrons. The van der Waals surface area contributed by atoms with Crippen molar-refractivity contribution in [3.8, 4) is 5.75 Å². The standard InChI is InChI=1S/C29H34N2O6/c32-17-26-28-24(14-22(37-26)15-27(33)31-10-7-18-3-1-2-4-19(18)16-31)23-13-20(30-29(28)34)5-6-25(23)36-21-8-11-35-12-9-21/h1-6,13,21-22,24,26,28,32H,7-12,14-17H2,(H,30,34)/t22-,24-,26+,28+/m1/s1. The third-order valence-corrected chi connectivity index (χ3v) is 8.23. The third kappa shape index (κ3) is 4.98. The molecule has 2 aromatic carbocycles. The first kappa shape index (κ1) is 24.4. The molecule has 2 aromatic rings. The van der Waals surface area contributed by atoms with Gasteiger partial charge in [-0.05, 0) is 42.2 Å². The number of hydrogen-bond donors (Lipinski definition) is 2. The van der Waals surface area contributed by atoms with E-state index in [0.717, 1.165) is 30.6 Å². The highest BCUT2D eigenvalue weighted by molar-refractivity contribution is 5.95. The number of rotatable bonds is 5. The Balaban J connectivity index is 1.22. The van der Waals surface area contributed by atoms with E-state index in [1.807, 2.05) is 35.2 Å². The van der Waals surface area contributed by atoms with E-state index in [0.29, 0.717) is 38.4 Å². The Morgan fingerprint density at radius 3 is 2.76 bits per heavy atom. The third-order valence-electron chi connectivity index (χ3n) is 8.23. The molecule has 0 aliphatic carbocycles. The second-order valence-electron chi connectivity index (χ2n) is 10.6. The summed E-state index contributed by atoms with van der Waals surface area (Å²) in [5.41, 5.74) is 4.14. The van der Waals surface area contributed by atoms with E-state index in [-0.39, 0.29) is 36.9 Å². The van der Waals surface area contributed by atoms with Crippen LogP contribution in [0.5, 0.6) is 5.75 Å². The van der Waals surface area contributed by atoms with Crippen molar-refractivity contribution in [1.82, 2.24) is 4.90 Å². The number of ether oxygens (including phenoxy) is 3. The van der Waals surface area contributed by atoms with Crippen molar-refractivity contribution in [2.45, 2.75) is 62.9 Å². The lowest BCUT2D eigenvalue weighted by Gasteiger charge is -2.41. The maximum atomic E-state index is 13.3. The molecule has 0 radical (unpaired) electrons. The average Bonchev–Trinajstić information content (AvgIpc) is 3.04. The van der Waals surface area contributed by atoms with Gasteiger partial charge in [0.2, 0.25) is 11.8 Å². The summed E-state index contributed by atoms with van der Waals surface area (Å²) in [4.78, 5) is 28.5. The Labute approximate surface area is 216 Å². The smallest absolute Gasteiger partial charge is 0.230 e. The van der Waals surface area contributed by atoms with Crippen molar-refractivity contribution in [2.24, 2.45) is 5.92 Å². The van der Waals surface area contributed by atoms with Gasteiger partial charge in [-0.25, -0.2) is 0 Å². The summed E-state index contributed by atoms with van der Waals surface area (Å²) >= 11 is 0. The van der Waals surface area contributed by atoms with E-state index in [1.165, 1.54) is 11.1 Å². The molecule has 2 fully saturated rings. The van der Waals surface area contributed by atoms with Gasteiger partial charge in [0.15, 0.2) is 0 Å². The summed E-state index contributed by atoms with van der Waals surface area (Å²) in [5.74, 6) is -0.142. The SMILES string of the molecule is O=C1Nc2ccc(OC3CCOCC3)c(c2)[C@H]2C[C@H](CC(=O)N3CCc4ccccc4C3)O[C@@H](CO)[C@@H]12. The maximum absolute atomic E-state index is 13.3. The fraction of sp³-hybridized carbons (Fsp3) is 0.517. The van der Waals surface area contributed by atoms with Crippen molar-refractivity contribution in [2.75, 3.05) is 31.7 Å². The molecule has 0 unspecified atom stereocenters. The topological polar surface area (TPSA) is 97.3 Å². The molecule has 4 aliphatic rings. The monoisotopic (exact) mass is 506 g/mol. The summed E-state index contributed by atoms with van der Waals surface area (Å²) in [6.07, 6.45) is 2.21. The number of benzene rings is 2. The Kier molecular flexibility index (Phi) is 6.88. The number of aliphatic hydroxyl groups is 1. The molecule has 4 atom stereocenters. The van der Waals surface area contributed by atoms with Crippen LogP contribution in [-0.2, 0) is 32.0 Å². The molecule has 8 heteroatoms. The summed E-state index contributed by atoms with van der Waals surface area (Å²) in [7, 11) is 0. The molecule has 0 aromatic heterocycles. The van der Waals surface area contributed by atoms with E-state index < -0.39 is 18.1 Å². The minimum Gasteiger partial charge on any atom is -0.490 e. The van der Waals surface area contributed by atoms with Crippen LogP contribution < -0.4 is 10.1 Å². The number of fused-ring (bicyclic) bond motifs is 5. The normalized spacial score (nSPS) is 27.5. The zero-order valence-electron chi connectivity index (χ0n) is 20.9. The Bertz CT molecular complexity index is 1160. The molecule has 37 heavy (non-hydrogen) atoms. The first-order chi connectivity index (χ1) is 18.1. The lowest BCUT2D eigenvalue weighted by Crippen LogP contribution is -2.48. The van der Waals surface area contributed by atoms with E-state index in [1.54, 1.807) is 0 Å². The van der Waals surface area contributed by atoms with Gasteiger partial charge in [-0.3, -0.25) is 9.59 Å². The Hall–Kier alpha value is -2.94. The first-order valence-corrected chi connectivity index (χ1v) is 13.4. The summed E-state index contributed by atoms with van der Waals surface area (Å²) in [5, 5.41) is 13.2. The second kappa shape index (κ2) is 10.4. The largest absolute Gasteiger partial charge is 0.490 e. The molecule has 2 bridgehead atoms. The van der Waals surface area contributed by atoms with Crippen LogP contribution in [0.1, 0.15) is 48.3 Å². The highest BCUT2D eigenvalue weighted by atomic mass is 16.5. The summed E-state index contributed by atoms with van der Waals surface area (Å²) < 4.78 is 18.1. The van der Waals surface area contributed by atoms with Gasteiger partial charge in [-0.2, -0.15) is 0 Å². The van der Waals surface area contributed by atoms with Crippen LogP contribution in [0.15, 0.2) is 42.5 Å². The highest BCUT2D eigenvalue weighted by Gasteiger charge is 2.46. The zero-order chi connectivity index (χ0) is 25.4. The van der Waals surface area contributed by atoms with Gasteiger partial charge in [-0.15, -0.1) is 0 Å². The second-order valence-corrected chi connectivity index (χ2v) is 10.6. The number of aliphatic hydroxyl groups excluding tert-OH is 1. The highest BCUT2D eigenvalue weighted by Crippen LogP contribution is 2.46. The summed E-state index contributed by atoms with van der Waals surface area (Å²) in [6, 6.07) is 14.0. The van der Waals surface area contributed by atoms with Gasteiger partial charge in [0.25, 0.3) is 0 Å². The fourth-order valence-electron chi connectivity index (χ4n) is 6.29. The van der Waals surface area contributed by atoms with Gasteiger partial charge in [0.1, 0.15) is 11.9 Å². The van der Waals surface area contributed by atoms with Crippen LogP contribution in [-0.4, -0.2) is 66.5 Å².